The Morgan fingerprint density at radius 2 is 1.41 bits per heavy atom. The van der Waals surface area contributed by atoms with Gasteiger partial charge in [-0.15, -0.1) is 0 Å². The molecule has 0 spiro atoms. The molecule has 1 aromatic rings. The van der Waals surface area contributed by atoms with Crippen LogP contribution in [0, 0.1) is 0 Å². The van der Waals surface area contributed by atoms with Gasteiger partial charge in [0.1, 0.15) is 0 Å². The van der Waals surface area contributed by atoms with E-state index in [-0.39, 0.29) is 11.8 Å². The van der Waals surface area contributed by atoms with Crippen LogP contribution in [0.1, 0.15) is 34.6 Å². The molecule has 0 bridgehead atoms. The molecule has 22 heavy (non-hydrogen) atoms. The van der Waals surface area contributed by atoms with Gasteiger partial charge in [-0.2, -0.15) is 0 Å². The fraction of sp³-hybridized carbons (Fsp3) is 0.500. The van der Waals surface area contributed by atoms with Crippen molar-refractivity contribution in [3.8, 4) is 11.5 Å². The van der Waals surface area contributed by atoms with Crippen LogP contribution in [-0.4, -0.2) is 62.0 Å². The second kappa shape index (κ2) is 6.79. The maximum atomic E-state index is 12.5. The molecule has 1 heterocycles. The number of hydrogen-bond donors (Lipinski definition) is 0. The Morgan fingerprint density at radius 1 is 0.955 bits per heavy atom. The normalized spacial score (nSPS) is 13.8. The Hall–Kier alpha value is -2.08. The number of fused-ring (bicyclic) bond motifs is 1. The summed E-state index contributed by atoms with van der Waals surface area (Å²) >= 11 is 0. The zero-order chi connectivity index (χ0) is 16.3. The van der Waals surface area contributed by atoms with Crippen molar-refractivity contribution in [2.45, 2.75) is 13.8 Å². The lowest BCUT2D eigenvalue weighted by molar-refractivity contribution is 0.0638. The summed E-state index contributed by atoms with van der Waals surface area (Å²) < 4.78 is 10.4. The zero-order valence-corrected chi connectivity index (χ0v) is 13.5. The van der Waals surface area contributed by atoms with E-state index in [1.807, 2.05) is 0 Å². The van der Waals surface area contributed by atoms with Gasteiger partial charge in [0.25, 0.3) is 11.8 Å². The van der Waals surface area contributed by atoms with Gasteiger partial charge in [0.05, 0.1) is 25.3 Å². The first kappa shape index (κ1) is 16.3. The highest BCUT2D eigenvalue weighted by atomic mass is 16.5. The Morgan fingerprint density at radius 3 is 1.77 bits per heavy atom. The molecular weight excluding hydrogens is 284 g/mol. The number of hydrogen-bond acceptors (Lipinski definition) is 5. The van der Waals surface area contributed by atoms with E-state index in [2.05, 4.69) is 18.7 Å². The maximum absolute atomic E-state index is 12.5. The minimum atomic E-state index is -0.270. The molecule has 2 rings (SSSR count). The average Bonchev–Trinajstić information content (AvgIpc) is 2.78. The molecular formula is C16H22N2O4. The molecule has 0 saturated heterocycles. The van der Waals surface area contributed by atoms with Crippen molar-refractivity contribution in [2.24, 2.45) is 0 Å². The lowest BCUT2D eigenvalue weighted by atomic mass is 10.1. The summed E-state index contributed by atoms with van der Waals surface area (Å²) in [7, 11) is 3.01. The molecule has 0 fully saturated rings. The molecule has 0 N–H and O–H groups in total. The molecule has 6 heteroatoms. The Balaban J connectivity index is 2.25. The summed E-state index contributed by atoms with van der Waals surface area (Å²) in [5.41, 5.74) is 0.754. The average molecular weight is 306 g/mol. The molecule has 1 aromatic carbocycles. The lowest BCUT2D eigenvalue weighted by Crippen LogP contribution is -2.38. The molecule has 0 aromatic heterocycles. The van der Waals surface area contributed by atoms with E-state index >= 15 is 0 Å². The van der Waals surface area contributed by atoms with Gasteiger partial charge in [0, 0.05) is 13.1 Å². The standard InChI is InChI=1S/C16H22N2O4/c1-5-17(6-2)7-8-18-15(19)11-9-13(21-3)14(22-4)10-12(11)16(18)20/h9-10H,5-8H2,1-4H3. The Bertz CT molecular complexity index is 539. The lowest BCUT2D eigenvalue weighted by Gasteiger charge is -2.21. The van der Waals surface area contributed by atoms with Crippen LogP contribution in [0.5, 0.6) is 11.5 Å². The van der Waals surface area contributed by atoms with Gasteiger partial charge in [0.2, 0.25) is 0 Å². The van der Waals surface area contributed by atoms with E-state index in [1.54, 1.807) is 12.1 Å². The number of benzene rings is 1. The molecule has 2 amide bonds. The first-order chi connectivity index (χ1) is 10.6. The van der Waals surface area contributed by atoms with E-state index in [1.165, 1.54) is 19.1 Å². The number of imide groups is 1. The maximum Gasteiger partial charge on any atom is 0.261 e. The number of amides is 2. The van der Waals surface area contributed by atoms with Crippen molar-refractivity contribution >= 4 is 11.8 Å². The molecule has 1 aliphatic heterocycles. The van der Waals surface area contributed by atoms with Crippen LogP contribution in [0.25, 0.3) is 0 Å². The highest BCUT2D eigenvalue weighted by Crippen LogP contribution is 2.34. The van der Waals surface area contributed by atoms with Gasteiger partial charge < -0.3 is 14.4 Å². The summed E-state index contributed by atoms with van der Waals surface area (Å²) in [6.45, 7) is 6.96. The van der Waals surface area contributed by atoms with E-state index in [9.17, 15) is 9.59 Å². The number of ether oxygens (including phenoxy) is 2. The van der Waals surface area contributed by atoms with E-state index in [0.29, 0.717) is 35.7 Å². The third kappa shape index (κ3) is 2.78. The molecule has 0 radical (unpaired) electrons. The molecule has 0 saturated carbocycles. The summed E-state index contributed by atoms with van der Waals surface area (Å²) in [6, 6.07) is 3.15. The number of methoxy groups -OCH3 is 2. The molecule has 6 nitrogen and oxygen atoms in total. The van der Waals surface area contributed by atoms with Gasteiger partial charge in [-0.25, -0.2) is 0 Å². The quantitative estimate of drug-likeness (QED) is 0.717. The van der Waals surface area contributed by atoms with Crippen molar-refractivity contribution in [3.63, 3.8) is 0 Å². The predicted molar refractivity (Wildman–Crippen MR) is 82.7 cm³/mol. The van der Waals surface area contributed by atoms with E-state index in [4.69, 9.17) is 9.47 Å². The zero-order valence-electron chi connectivity index (χ0n) is 13.5. The van der Waals surface area contributed by atoms with E-state index < -0.39 is 0 Å². The fourth-order valence-electron chi connectivity index (χ4n) is 2.60. The van der Waals surface area contributed by atoms with Crippen LogP contribution < -0.4 is 9.47 Å². The third-order valence-corrected chi connectivity index (χ3v) is 4.01. The largest absolute Gasteiger partial charge is 0.493 e. The van der Waals surface area contributed by atoms with Gasteiger partial charge in [-0.1, -0.05) is 13.8 Å². The van der Waals surface area contributed by atoms with E-state index in [0.717, 1.165) is 13.1 Å². The van der Waals surface area contributed by atoms with Gasteiger partial charge >= 0.3 is 0 Å². The van der Waals surface area contributed by atoms with Gasteiger partial charge in [-0.05, 0) is 25.2 Å². The van der Waals surface area contributed by atoms with Crippen LogP contribution in [0.15, 0.2) is 12.1 Å². The number of nitrogens with zero attached hydrogens (tertiary/aromatic N) is 2. The second-order valence-corrected chi connectivity index (χ2v) is 5.04. The monoisotopic (exact) mass is 306 g/mol. The first-order valence-corrected chi connectivity index (χ1v) is 7.41. The van der Waals surface area contributed by atoms with Crippen molar-refractivity contribution < 1.29 is 19.1 Å². The Labute approximate surface area is 130 Å². The molecule has 1 aliphatic rings. The van der Waals surface area contributed by atoms with Crippen LogP contribution in [0.2, 0.25) is 0 Å². The van der Waals surface area contributed by atoms with Crippen molar-refractivity contribution in [2.75, 3.05) is 40.4 Å². The number of carbonyl (C=O) groups excluding carboxylic acids is 2. The van der Waals surface area contributed by atoms with Crippen molar-refractivity contribution in [1.29, 1.82) is 0 Å². The van der Waals surface area contributed by atoms with Crippen LogP contribution in [0.3, 0.4) is 0 Å². The SMILES string of the molecule is CCN(CC)CCN1C(=O)c2cc(OC)c(OC)cc2C1=O. The highest BCUT2D eigenvalue weighted by molar-refractivity contribution is 6.21. The topological polar surface area (TPSA) is 59.1 Å². The first-order valence-electron chi connectivity index (χ1n) is 7.41. The summed E-state index contributed by atoms with van der Waals surface area (Å²) in [6.07, 6.45) is 0. The smallest absolute Gasteiger partial charge is 0.261 e. The van der Waals surface area contributed by atoms with Crippen LogP contribution in [-0.2, 0) is 0 Å². The van der Waals surface area contributed by atoms with Crippen molar-refractivity contribution in [1.82, 2.24) is 9.80 Å². The Kier molecular flexibility index (Phi) is 5.03. The van der Waals surface area contributed by atoms with Gasteiger partial charge in [-0.3, -0.25) is 14.5 Å². The van der Waals surface area contributed by atoms with Crippen LogP contribution in [0.4, 0.5) is 0 Å². The molecule has 0 atom stereocenters. The summed E-state index contributed by atoms with van der Waals surface area (Å²) in [4.78, 5) is 28.4. The summed E-state index contributed by atoms with van der Waals surface area (Å²) in [5.74, 6) is 0.363. The number of likely N-dealkylation sites (N-methyl/N-ethyl adjacent to an activating group) is 1. The number of rotatable bonds is 7. The van der Waals surface area contributed by atoms with Crippen LogP contribution >= 0.6 is 0 Å². The second-order valence-electron chi connectivity index (χ2n) is 5.04. The fourth-order valence-corrected chi connectivity index (χ4v) is 2.60. The molecule has 120 valence electrons. The molecule has 0 aliphatic carbocycles. The van der Waals surface area contributed by atoms with Gasteiger partial charge in [0.15, 0.2) is 11.5 Å². The predicted octanol–water partition coefficient (Wildman–Crippen LogP) is 1.64. The summed E-state index contributed by atoms with van der Waals surface area (Å²) in [5, 5.41) is 0. The highest BCUT2D eigenvalue weighted by Gasteiger charge is 2.36. The third-order valence-electron chi connectivity index (χ3n) is 4.01. The van der Waals surface area contributed by atoms with Crippen molar-refractivity contribution in [3.05, 3.63) is 23.3 Å². The minimum absolute atomic E-state index is 0.270. The number of carbonyl (C=O) groups is 2. The minimum Gasteiger partial charge on any atom is -0.493 e. The molecule has 0 unspecified atom stereocenters.